The number of nitro benzene ring substituents is 1. The molecule has 0 fully saturated rings. The maximum atomic E-state index is 12.6. The highest BCUT2D eigenvalue weighted by Gasteiger charge is 2.16. The number of rotatable bonds is 4. The topological polar surface area (TPSA) is 98.3 Å². The van der Waals surface area contributed by atoms with E-state index in [2.05, 4.69) is 26.2 Å². The number of hydrogen-bond donors (Lipinski definition) is 1. The van der Waals surface area contributed by atoms with Gasteiger partial charge in [-0.1, -0.05) is 34.1 Å². The van der Waals surface area contributed by atoms with Gasteiger partial charge in [0.15, 0.2) is 5.58 Å². The Labute approximate surface area is 167 Å². The molecule has 0 aliphatic heterocycles. The van der Waals surface area contributed by atoms with Crippen LogP contribution in [0, 0.1) is 10.1 Å². The number of halogens is 1. The van der Waals surface area contributed by atoms with Crippen LogP contribution in [0.4, 0.5) is 11.4 Å². The lowest BCUT2D eigenvalue weighted by atomic mass is 10.1. The zero-order valence-electron chi connectivity index (χ0n) is 14.3. The Morgan fingerprint density at radius 3 is 2.68 bits per heavy atom. The van der Waals surface area contributed by atoms with Gasteiger partial charge < -0.3 is 9.73 Å². The Balaban J connectivity index is 1.70. The Bertz CT molecular complexity index is 1220. The molecule has 3 aromatic carbocycles. The van der Waals surface area contributed by atoms with Crippen LogP contribution in [0.5, 0.6) is 0 Å². The van der Waals surface area contributed by atoms with Crippen molar-refractivity contribution in [2.45, 2.75) is 0 Å². The van der Waals surface area contributed by atoms with Gasteiger partial charge in [0.25, 0.3) is 11.6 Å². The number of nitro groups is 1. The van der Waals surface area contributed by atoms with E-state index in [4.69, 9.17) is 4.42 Å². The molecule has 4 aromatic rings. The zero-order valence-corrected chi connectivity index (χ0v) is 15.8. The molecule has 0 radical (unpaired) electrons. The van der Waals surface area contributed by atoms with Crippen molar-refractivity contribution in [2.75, 3.05) is 5.32 Å². The molecule has 7 nitrogen and oxygen atoms in total. The lowest BCUT2D eigenvalue weighted by Crippen LogP contribution is -2.12. The second kappa shape index (κ2) is 7.24. The van der Waals surface area contributed by atoms with Gasteiger partial charge in [0.1, 0.15) is 5.52 Å². The molecule has 4 rings (SSSR count). The first kappa shape index (κ1) is 17.9. The zero-order chi connectivity index (χ0) is 19.7. The van der Waals surface area contributed by atoms with Crippen LogP contribution in [0.3, 0.4) is 0 Å². The van der Waals surface area contributed by atoms with Crippen molar-refractivity contribution in [1.82, 2.24) is 4.98 Å². The van der Waals surface area contributed by atoms with E-state index < -0.39 is 4.92 Å². The van der Waals surface area contributed by atoms with Gasteiger partial charge in [-0.15, -0.1) is 0 Å². The number of para-hydroxylation sites is 1. The number of fused-ring (bicyclic) bond motifs is 1. The molecule has 138 valence electrons. The van der Waals surface area contributed by atoms with Crippen molar-refractivity contribution in [1.29, 1.82) is 0 Å². The normalized spacial score (nSPS) is 10.8. The standard InChI is InChI=1S/C20H12BrN3O4/c21-13-5-3-4-12(10-13)19(25)22-16-7-2-1-6-15(16)20-23-17-9-8-14(24(26)27)11-18(17)28-20/h1-11H,(H,22,25). The minimum atomic E-state index is -0.492. The Morgan fingerprint density at radius 2 is 1.89 bits per heavy atom. The molecule has 0 saturated carbocycles. The van der Waals surface area contributed by atoms with Gasteiger partial charge in [-0.05, 0) is 36.4 Å². The van der Waals surface area contributed by atoms with Gasteiger partial charge in [-0.25, -0.2) is 4.98 Å². The molecule has 0 unspecified atom stereocenters. The summed E-state index contributed by atoms with van der Waals surface area (Å²) in [5.74, 6) is -0.0128. The Kier molecular flexibility index (Phi) is 4.62. The highest BCUT2D eigenvalue weighted by molar-refractivity contribution is 9.10. The number of anilines is 1. The van der Waals surface area contributed by atoms with Crippen LogP contribution in [0.25, 0.3) is 22.6 Å². The summed E-state index contributed by atoms with van der Waals surface area (Å²) in [5, 5.41) is 13.8. The number of nitrogens with zero attached hydrogens (tertiary/aromatic N) is 2. The lowest BCUT2D eigenvalue weighted by molar-refractivity contribution is -0.384. The number of aromatic nitrogens is 1. The molecular weight excluding hydrogens is 426 g/mol. The first-order valence-electron chi connectivity index (χ1n) is 8.22. The smallest absolute Gasteiger partial charge is 0.273 e. The van der Waals surface area contributed by atoms with Crippen molar-refractivity contribution in [3.63, 3.8) is 0 Å². The summed E-state index contributed by atoms with van der Waals surface area (Å²) < 4.78 is 6.52. The second-order valence-corrected chi connectivity index (χ2v) is 6.85. The van der Waals surface area contributed by atoms with Crippen LogP contribution >= 0.6 is 15.9 Å². The third-order valence-electron chi connectivity index (χ3n) is 4.08. The number of oxazole rings is 1. The van der Waals surface area contributed by atoms with Crippen molar-refractivity contribution < 1.29 is 14.1 Å². The van der Waals surface area contributed by atoms with E-state index in [1.54, 1.807) is 42.5 Å². The van der Waals surface area contributed by atoms with E-state index in [9.17, 15) is 14.9 Å². The molecule has 0 spiro atoms. The van der Waals surface area contributed by atoms with Gasteiger partial charge in [-0.2, -0.15) is 0 Å². The molecule has 0 saturated heterocycles. The molecule has 1 heterocycles. The number of benzene rings is 3. The average Bonchev–Trinajstić information content (AvgIpc) is 3.11. The van der Waals surface area contributed by atoms with Crippen LogP contribution in [0.1, 0.15) is 10.4 Å². The summed E-state index contributed by atoms with van der Waals surface area (Å²) in [4.78, 5) is 27.4. The minimum absolute atomic E-state index is 0.0774. The van der Waals surface area contributed by atoms with Crippen molar-refractivity contribution in [3.05, 3.63) is 86.9 Å². The van der Waals surface area contributed by atoms with E-state index in [0.29, 0.717) is 27.9 Å². The van der Waals surface area contributed by atoms with Crippen LogP contribution in [-0.4, -0.2) is 15.8 Å². The molecule has 1 amide bonds. The molecule has 0 bridgehead atoms. The summed E-state index contributed by atoms with van der Waals surface area (Å²) in [6.45, 7) is 0. The lowest BCUT2D eigenvalue weighted by Gasteiger charge is -2.09. The highest BCUT2D eigenvalue weighted by Crippen LogP contribution is 2.31. The number of non-ortho nitro benzene ring substituents is 1. The number of carbonyl (C=O) groups is 1. The van der Waals surface area contributed by atoms with Crippen molar-refractivity contribution in [2.24, 2.45) is 0 Å². The summed E-state index contributed by atoms with van der Waals surface area (Å²) in [7, 11) is 0. The van der Waals surface area contributed by atoms with E-state index in [1.165, 1.54) is 18.2 Å². The van der Waals surface area contributed by atoms with Crippen LogP contribution in [-0.2, 0) is 0 Å². The number of carbonyl (C=O) groups excluding carboxylic acids is 1. The summed E-state index contributed by atoms with van der Waals surface area (Å²) in [6, 6.07) is 18.3. The predicted octanol–water partition coefficient (Wildman–Crippen LogP) is 5.42. The maximum absolute atomic E-state index is 12.6. The summed E-state index contributed by atoms with van der Waals surface area (Å²) in [5.41, 5.74) is 2.31. The van der Waals surface area contributed by atoms with Crippen molar-refractivity contribution >= 4 is 44.3 Å². The Morgan fingerprint density at radius 1 is 1.07 bits per heavy atom. The molecule has 0 atom stereocenters. The maximum Gasteiger partial charge on any atom is 0.273 e. The molecule has 28 heavy (non-hydrogen) atoms. The molecular formula is C20H12BrN3O4. The number of hydrogen-bond acceptors (Lipinski definition) is 5. The van der Waals surface area contributed by atoms with Crippen LogP contribution < -0.4 is 5.32 Å². The first-order valence-corrected chi connectivity index (χ1v) is 9.02. The van der Waals surface area contributed by atoms with E-state index in [-0.39, 0.29) is 17.5 Å². The molecule has 1 aromatic heterocycles. The SMILES string of the molecule is O=C(Nc1ccccc1-c1nc2ccc([N+](=O)[O-])cc2o1)c1cccc(Br)c1. The van der Waals surface area contributed by atoms with Crippen LogP contribution in [0.15, 0.2) is 75.6 Å². The largest absolute Gasteiger partial charge is 0.436 e. The summed E-state index contributed by atoms with van der Waals surface area (Å²) >= 11 is 3.35. The van der Waals surface area contributed by atoms with Gasteiger partial charge in [-0.3, -0.25) is 14.9 Å². The predicted molar refractivity (Wildman–Crippen MR) is 108 cm³/mol. The number of nitrogens with one attached hydrogen (secondary N) is 1. The fourth-order valence-electron chi connectivity index (χ4n) is 2.74. The highest BCUT2D eigenvalue weighted by atomic mass is 79.9. The minimum Gasteiger partial charge on any atom is -0.436 e. The monoisotopic (exact) mass is 437 g/mol. The van der Waals surface area contributed by atoms with Crippen LogP contribution in [0.2, 0.25) is 0 Å². The molecule has 0 aliphatic rings. The first-order chi connectivity index (χ1) is 13.5. The quantitative estimate of drug-likeness (QED) is 0.339. The third kappa shape index (κ3) is 3.49. The second-order valence-electron chi connectivity index (χ2n) is 5.94. The Hall–Kier alpha value is -3.52. The summed E-state index contributed by atoms with van der Waals surface area (Å²) in [6.07, 6.45) is 0. The van der Waals surface area contributed by atoms with Gasteiger partial charge in [0.05, 0.1) is 22.2 Å². The fraction of sp³-hybridized carbons (Fsp3) is 0. The fourth-order valence-corrected chi connectivity index (χ4v) is 3.14. The van der Waals surface area contributed by atoms with E-state index in [1.807, 2.05) is 6.07 Å². The number of amides is 1. The van der Waals surface area contributed by atoms with Gasteiger partial charge in [0, 0.05) is 16.1 Å². The third-order valence-corrected chi connectivity index (χ3v) is 4.57. The van der Waals surface area contributed by atoms with Gasteiger partial charge >= 0.3 is 0 Å². The van der Waals surface area contributed by atoms with Crippen molar-refractivity contribution in [3.8, 4) is 11.5 Å². The molecule has 1 N–H and O–H groups in total. The van der Waals surface area contributed by atoms with E-state index in [0.717, 1.165) is 4.47 Å². The van der Waals surface area contributed by atoms with Gasteiger partial charge in [0.2, 0.25) is 5.89 Å². The molecule has 0 aliphatic carbocycles. The molecule has 8 heteroatoms. The van der Waals surface area contributed by atoms with E-state index >= 15 is 0 Å². The average molecular weight is 438 g/mol.